The van der Waals surface area contributed by atoms with Gasteiger partial charge in [0, 0.05) is 28.1 Å². The van der Waals surface area contributed by atoms with Crippen molar-refractivity contribution in [2.75, 3.05) is 13.1 Å². The predicted molar refractivity (Wildman–Crippen MR) is 90.3 cm³/mol. The molecule has 122 valence electrons. The normalized spacial score (nSPS) is 18.2. The fourth-order valence-electron chi connectivity index (χ4n) is 3.54. The second-order valence-corrected chi connectivity index (χ2v) is 6.42. The summed E-state index contributed by atoms with van der Waals surface area (Å²) < 4.78 is 0. The van der Waals surface area contributed by atoms with Crippen LogP contribution in [-0.4, -0.2) is 40.7 Å². The van der Waals surface area contributed by atoms with Crippen molar-refractivity contribution in [2.45, 2.75) is 32.7 Å². The Bertz CT molecular complexity index is 742. The minimum Gasteiger partial charge on any atom is -0.369 e. The van der Waals surface area contributed by atoms with Crippen LogP contribution in [0, 0.1) is 12.8 Å². The minimum absolute atomic E-state index is 0.0524. The van der Waals surface area contributed by atoms with Gasteiger partial charge in [-0.2, -0.15) is 0 Å². The van der Waals surface area contributed by atoms with E-state index in [9.17, 15) is 9.59 Å². The Morgan fingerprint density at radius 1 is 1.26 bits per heavy atom. The van der Waals surface area contributed by atoms with Crippen LogP contribution in [0.1, 0.15) is 35.8 Å². The Kier molecular flexibility index (Phi) is 4.22. The Labute approximate surface area is 135 Å². The van der Waals surface area contributed by atoms with Gasteiger partial charge >= 0.3 is 0 Å². The van der Waals surface area contributed by atoms with Gasteiger partial charge in [-0.1, -0.05) is 18.2 Å². The zero-order chi connectivity index (χ0) is 16.6. The molecule has 1 amide bonds. The van der Waals surface area contributed by atoms with Gasteiger partial charge in [0.15, 0.2) is 5.78 Å². The zero-order valence-electron chi connectivity index (χ0n) is 13.6. The van der Waals surface area contributed by atoms with E-state index < -0.39 is 0 Å². The molecule has 1 unspecified atom stereocenters. The number of nitrogens with two attached hydrogens (primary N) is 1. The third-order valence-corrected chi connectivity index (χ3v) is 5.00. The maximum absolute atomic E-state index is 13.0. The van der Waals surface area contributed by atoms with Crippen LogP contribution in [0.5, 0.6) is 0 Å². The topological polar surface area (TPSA) is 79.2 Å². The van der Waals surface area contributed by atoms with Crippen molar-refractivity contribution < 1.29 is 9.59 Å². The molecule has 1 fully saturated rings. The van der Waals surface area contributed by atoms with E-state index in [1.807, 2.05) is 38.1 Å². The van der Waals surface area contributed by atoms with Crippen molar-refractivity contribution in [3.8, 4) is 0 Å². The molecule has 1 saturated heterocycles. The van der Waals surface area contributed by atoms with Crippen LogP contribution in [0.4, 0.5) is 0 Å². The van der Waals surface area contributed by atoms with Crippen LogP contribution in [0.15, 0.2) is 24.3 Å². The number of H-pyrrole nitrogens is 1. The molecule has 0 saturated carbocycles. The van der Waals surface area contributed by atoms with Crippen molar-refractivity contribution in [1.29, 1.82) is 0 Å². The molecule has 1 aromatic carbocycles. The molecule has 5 heteroatoms. The van der Waals surface area contributed by atoms with Crippen LogP contribution < -0.4 is 5.73 Å². The lowest BCUT2D eigenvalue weighted by Crippen LogP contribution is -2.46. The molecule has 0 bridgehead atoms. The van der Waals surface area contributed by atoms with Crippen LogP contribution >= 0.6 is 0 Å². The zero-order valence-corrected chi connectivity index (χ0v) is 13.6. The number of likely N-dealkylation sites (tertiary alicyclic amines) is 1. The molecule has 3 N–H and O–H groups in total. The number of carbonyl (C=O) groups is 2. The van der Waals surface area contributed by atoms with E-state index in [1.165, 1.54) is 0 Å². The van der Waals surface area contributed by atoms with Gasteiger partial charge in [-0.25, -0.2) is 0 Å². The third kappa shape index (κ3) is 2.88. The predicted octanol–water partition coefficient (Wildman–Crippen LogP) is 2.24. The van der Waals surface area contributed by atoms with Crippen molar-refractivity contribution in [1.82, 2.24) is 9.88 Å². The number of nitrogens with one attached hydrogen (secondary N) is 1. The Morgan fingerprint density at radius 3 is 2.57 bits per heavy atom. The lowest BCUT2D eigenvalue weighted by atomic mass is 9.93. The number of hydrogen-bond donors (Lipinski definition) is 2. The number of para-hydroxylation sites is 1. The van der Waals surface area contributed by atoms with E-state index in [4.69, 9.17) is 5.73 Å². The van der Waals surface area contributed by atoms with Crippen molar-refractivity contribution in [3.05, 3.63) is 35.5 Å². The highest BCUT2D eigenvalue weighted by Crippen LogP contribution is 2.26. The first-order chi connectivity index (χ1) is 11.0. The fraction of sp³-hybridized carbons (Fsp3) is 0.444. The number of hydrogen-bond acceptors (Lipinski definition) is 3. The van der Waals surface area contributed by atoms with E-state index in [2.05, 4.69) is 9.88 Å². The number of nitrogens with zero attached hydrogens (tertiary/aromatic N) is 1. The number of fused-ring (bicyclic) bond motifs is 1. The van der Waals surface area contributed by atoms with E-state index >= 15 is 0 Å². The van der Waals surface area contributed by atoms with E-state index in [0.717, 1.165) is 48.1 Å². The molecule has 1 aliphatic rings. The molecule has 1 aliphatic heterocycles. The molecule has 0 radical (unpaired) electrons. The smallest absolute Gasteiger partial charge is 0.220 e. The van der Waals surface area contributed by atoms with Gasteiger partial charge in [0.05, 0.1) is 6.04 Å². The van der Waals surface area contributed by atoms with E-state index in [0.29, 0.717) is 0 Å². The second-order valence-electron chi connectivity index (χ2n) is 6.42. The van der Waals surface area contributed by atoms with E-state index in [1.54, 1.807) is 0 Å². The van der Waals surface area contributed by atoms with Crippen molar-refractivity contribution in [2.24, 2.45) is 11.7 Å². The molecule has 1 atom stereocenters. The molecule has 3 rings (SSSR count). The fourth-order valence-corrected chi connectivity index (χ4v) is 3.54. The third-order valence-electron chi connectivity index (χ3n) is 5.00. The highest BCUT2D eigenvalue weighted by Gasteiger charge is 2.30. The SMILES string of the molecule is Cc1[nH]c2ccccc2c1C(=O)C(C)N1CCC(C(N)=O)CC1. The average Bonchev–Trinajstić information content (AvgIpc) is 2.89. The number of ketones is 1. The maximum Gasteiger partial charge on any atom is 0.220 e. The number of benzene rings is 1. The summed E-state index contributed by atoms with van der Waals surface area (Å²) in [5.41, 5.74) is 8.07. The Balaban J connectivity index is 1.80. The van der Waals surface area contributed by atoms with Gasteiger partial charge in [-0.15, -0.1) is 0 Å². The number of aromatic nitrogens is 1. The number of aromatic amines is 1. The van der Waals surface area contributed by atoms with Crippen LogP contribution in [-0.2, 0) is 4.79 Å². The summed E-state index contributed by atoms with van der Waals surface area (Å²) in [5, 5.41) is 0.980. The summed E-state index contributed by atoms with van der Waals surface area (Å²) >= 11 is 0. The number of carbonyl (C=O) groups excluding carboxylic acids is 2. The molecule has 1 aromatic heterocycles. The molecule has 0 spiro atoms. The van der Waals surface area contributed by atoms with Gasteiger partial charge in [0.25, 0.3) is 0 Å². The van der Waals surface area contributed by atoms with Crippen molar-refractivity contribution in [3.63, 3.8) is 0 Å². The summed E-state index contributed by atoms with van der Waals surface area (Å²) in [6.45, 7) is 5.37. The molecular weight excluding hydrogens is 290 g/mol. The molecule has 2 heterocycles. The lowest BCUT2D eigenvalue weighted by Gasteiger charge is -2.34. The first kappa shape index (κ1) is 15.7. The first-order valence-electron chi connectivity index (χ1n) is 8.14. The number of piperidine rings is 1. The standard InChI is InChI=1S/C18H23N3O2/c1-11-16(14-5-3-4-6-15(14)20-11)17(22)12(2)21-9-7-13(8-10-21)18(19)23/h3-6,12-13,20H,7-10H2,1-2H3,(H2,19,23). The second kappa shape index (κ2) is 6.16. The van der Waals surface area contributed by atoms with Gasteiger partial charge in [-0.05, 0) is 45.8 Å². The maximum atomic E-state index is 13.0. The molecule has 23 heavy (non-hydrogen) atoms. The Hall–Kier alpha value is -2.14. The summed E-state index contributed by atoms with van der Waals surface area (Å²) in [4.78, 5) is 29.7. The van der Waals surface area contributed by atoms with Gasteiger partial charge in [0.2, 0.25) is 5.91 Å². The van der Waals surface area contributed by atoms with Crippen LogP contribution in [0.3, 0.4) is 0 Å². The number of primary amides is 1. The quantitative estimate of drug-likeness (QED) is 0.850. The molecular formula is C18H23N3O2. The molecule has 0 aliphatic carbocycles. The van der Waals surface area contributed by atoms with Gasteiger partial charge in [-0.3, -0.25) is 14.5 Å². The number of amides is 1. The summed E-state index contributed by atoms with van der Waals surface area (Å²) in [5.74, 6) is -0.142. The largest absolute Gasteiger partial charge is 0.369 e. The van der Waals surface area contributed by atoms with Gasteiger partial charge in [0.1, 0.15) is 0 Å². The number of rotatable bonds is 4. The van der Waals surface area contributed by atoms with Crippen LogP contribution in [0.2, 0.25) is 0 Å². The summed E-state index contributed by atoms with van der Waals surface area (Å²) in [6.07, 6.45) is 1.47. The minimum atomic E-state index is -0.226. The van der Waals surface area contributed by atoms with E-state index in [-0.39, 0.29) is 23.7 Å². The average molecular weight is 313 g/mol. The van der Waals surface area contributed by atoms with Crippen LogP contribution in [0.25, 0.3) is 10.9 Å². The molecule has 5 nitrogen and oxygen atoms in total. The number of Topliss-reactive ketones (excluding diaryl/α,β-unsaturated/α-hetero) is 1. The summed E-state index contributed by atoms with van der Waals surface area (Å²) in [6, 6.07) is 7.70. The van der Waals surface area contributed by atoms with Crippen molar-refractivity contribution >= 4 is 22.6 Å². The highest BCUT2D eigenvalue weighted by molar-refractivity contribution is 6.11. The lowest BCUT2D eigenvalue weighted by molar-refractivity contribution is -0.123. The highest BCUT2D eigenvalue weighted by atomic mass is 16.1. The first-order valence-corrected chi connectivity index (χ1v) is 8.14. The number of aryl methyl sites for hydroxylation is 1. The molecule has 2 aromatic rings. The summed E-state index contributed by atoms with van der Waals surface area (Å²) in [7, 11) is 0. The monoisotopic (exact) mass is 313 g/mol. The Morgan fingerprint density at radius 2 is 1.91 bits per heavy atom. The van der Waals surface area contributed by atoms with Gasteiger partial charge < -0.3 is 10.7 Å².